The Kier molecular flexibility index (Phi) is 4.65. The van der Waals surface area contributed by atoms with Gasteiger partial charge in [0.2, 0.25) is 0 Å². The molecule has 0 spiro atoms. The van der Waals surface area contributed by atoms with E-state index in [0.29, 0.717) is 4.88 Å². The fourth-order valence-corrected chi connectivity index (χ4v) is 2.63. The molecule has 2 rings (SSSR count). The number of aliphatic hydroxyl groups is 1. The summed E-state index contributed by atoms with van der Waals surface area (Å²) >= 11 is 1.33. The molecule has 2 aromatic rings. The van der Waals surface area contributed by atoms with Gasteiger partial charge in [-0.1, -0.05) is 37.3 Å². The zero-order chi connectivity index (χ0) is 13.7. The highest BCUT2D eigenvalue weighted by Crippen LogP contribution is 2.17. The molecule has 0 aliphatic rings. The van der Waals surface area contributed by atoms with Crippen molar-refractivity contribution >= 4 is 17.2 Å². The topological polar surface area (TPSA) is 62.2 Å². The van der Waals surface area contributed by atoms with Crippen LogP contribution in [0.25, 0.3) is 0 Å². The van der Waals surface area contributed by atoms with Crippen molar-refractivity contribution in [1.29, 1.82) is 0 Å². The van der Waals surface area contributed by atoms with E-state index < -0.39 is 0 Å². The Morgan fingerprint density at radius 3 is 2.79 bits per heavy atom. The Morgan fingerprint density at radius 2 is 2.16 bits per heavy atom. The van der Waals surface area contributed by atoms with Gasteiger partial charge in [0.25, 0.3) is 5.91 Å². The van der Waals surface area contributed by atoms with Crippen molar-refractivity contribution in [3.63, 3.8) is 0 Å². The van der Waals surface area contributed by atoms with E-state index in [0.717, 1.165) is 17.7 Å². The van der Waals surface area contributed by atoms with Gasteiger partial charge in [0.1, 0.15) is 4.88 Å². The van der Waals surface area contributed by atoms with Crippen LogP contribution in [0.4, 0.5) is 0 Å². The summed E-state index contributed by atoms with van der Waals surface area (Å²) in [5.74, 6) is -0.178. The minimum Gasteiger partial charge on any atom is -0.394 e. The molecule has 0 saturated carbocycles. The second kappa shape index (κ2) is 6.45. The summed E-state index contributed by atoms with van der Waals surface area (Å²) in [6.45, 7) is 1.84. The summed E-state index contributed by atoms with van der Waals surface area (Å²) < 4.78 is 0. The normalized spacial score (nSPS) is 12.1. The van der Waals surface area contributed by atoms with Crippen LogP contribution >= 0.6 is 11.3 Å². The maximum atomic E-state index is 12.2. The van der Waals surface area contributed by atoms with Gasteiger partial charge in [-0.15, -0.1) is 11.3 Å². The smallest absolute Gasteiger partial charge is 0.263 e. The van der Waals surface area contributed by atoms with Gasteiger partial charge in [0.15, 0.2) is 0 Å². The average molecular weight is 276 g/mol. The first kappa shape index (κ1) is 13.7. The second-order valence-corrected chi connectivity index (χ2v) is 4.96. The number of aliphatic hydroxyl groups excluding tert-OH is 1. The van der Waals surface area contributed by atoms with Gasteiger partial charge in [-0.2, -0.15) is 0 Å². The Balaban J connectivity index is 2.13. The number of thiazole rings is 1. The van der Waals surface area contributed by atoms with E-state index in [1.807, 2.05) is 37.3 Å². The fourth-order valence-electron chi connectivity index (χ4n) is 1.85. The van der Waals surface area contributed by atoms with Crippen molar-refractivity contribution in [3.8, 4) is 0 Å². The lowest BCUT2D eigenvalue weighted by Crippen LogP contribution is -2.30. The molecular weight excluding hydrogens is 260 g/mol. The predicted octanol–water partition coefficient (Wildman–Crippen LogP) is 2.17. The molecule has 19 heavy (non-hydrogen) atoms. The van der Waals surface area contributed by atoms with Gasteiger partial charge in [0.05, 0.1) is 23.9 Å². The number of hydrogen-bond donors (Lipinski definition) is 2. The summed E-state index contributed by atoms with van der Waals surface area (Å²) in [5.41, 5.74) is 3.36. The molecule has 1 unspecified atom stereocenters. The molecule has 1 aromatic carbocycles. The van der Waals surface area contributed by atoms with Crippen LogP contribution in [0.3, 0.4) is 0 Å². The first-order valence-corrected chi connectivity index (χ1v) is 7.03. The number of nitrogens with zero attached hydrogens (tertiary/aromatic N) is 1. The summed E-state index contributed by atoms with van der Waals surface area (Å²) in [4.78, 5) is 17.0. The van der Waals surface area contributed by atoms with Gasteiger partial charge < -0.3 is 10.4 Å². The first-order chi connectivity index (χ1) is 9.26. The number of aromatic nitrogens is 1. The molecule has 100 valence electrons. The molecule has 0 bridgehead atoms. The summed E-state index contributed by atoms with van der Waals surface area (Å²) in [7, 11) is 0. The molecular formula is C14H16N2O2S. The second-order valence-electron chi connectivity index (χ2n) is 4.10. The van der Waals surface area contributed by atoms with Gasteiger partial charge >= 0.3 is 0 Å². The van der Waals surface area contributed by atoms with Crippen molar-refractivity contribution < 1.29 is 9.90 Å². The minimum absolute atomic E-state index is 0.129. The average Bonchev–Trinajstić information content (AvgIpc) is 2.94. The highest BCUT2D eigenvalue weighted by atomic mass is 32.1. The molecule has 0 radical (unpaired) electrons. The summed E-state index contributed by atoms with van der Waals surface area (Å²) in [6, 6.07) is 9.05. The first-order valence-electron chi connectivity index (χ1n) is 6.15. The number of aryl methyl sites for hydroxylation is 1. The Bertz CT molecular complexity index is 539. The quantitative estimate of drug-likeness (QED) is 0.879. The van der Waals surface area contributed by atoms with Crippen molar-refractivity contribution in [2.24, 2.45) is 0 Å². The van der Waals surface area contributed by atoms with Gasteiger partial charge in [-0.25, -0.2) is 4.98 Å². The maximum Gasteiger partial charge on any atom is 0.263 e. The van der Waals surface area contributed by atoms with E-state index in [1.165, 1.54) is 11.3 Å². The number of nitrogens with one attached hydrogen (secondary N) is 1. The third kappa shape index (κ3) is 3.19. The SMILES string of the molecule is CCc1ncsc1C(=O)NC(CO)c1ccccc1. The zero-order valence-electron chi connectivity index (χ0n) is 10.7. The minimum atomic E-state index is -0.388. The monoisotopic (exact) mass is 276 g/mol. The van der Waals surface area contributed by atoms with Gasteiger partial charge in [-0.05, 0) is 12.0 Å². The molecule has 2 N–H and O–H groups in total. The standard InChI is InChI=1S/C14H16N2O2S/c1-2-11-13(19-9-15-11)14(18)16-12(8-17)10-6-4-3-5-7-10/h3-7,9,12,17H,2,8H2,1H3,(H,16,18). The molecule has 1 heterocycles. The fraction of sp³-hybridized carbons (Fsp3) is 0.286. The van der Waals surface area contributed by atoms with E-state index in [2.05, 4.69) is 10.3 Å². The number of benzene rings is 1. The van der Waals surface area contributed by atoms with E-state index in [1.54, 1.807) is 5.51 Å². The molecule has 5 heteroatoms. The van der Waals surface area contributed by atoms with E-state index in [4.69, 9.17) is 0 Å². The molecule has 1 amide bonds. The van der Waals surface area contributed by atoms with Crippen LogP contribution in [0.5, 0.6) is 0 Å². The number of hydrogen-bond acceptors (Lipinski definition) is 4. The Labute approximate surface area is 116 Å². The van der Waals surface area contributed by atoms with Crippen LogP contribution in [-0.2, 0) is 6.42 Å². The van der Waals surface area contributed by atoms with Crippen molar-refractivity contribution in [2.45, 2.75) is 19.4 Å². The third-order valence-electron chi connectivity index (χ3n) is 2.87. The van der Waals surface area contributed by atoms with Crippen LogP contribution in [0.2, 0.25) is 0 Å². The Morgan fingerprint density at radius 1 is 1.42 bits per heavy atom. The maximum absolute atomic E-state index is 12.2. The van der Waals surface area contributed by atoms with Crippen molar-refractivity contribution in [3.05, 3.63) is 52.0 Å². The molecule has 0 aliphatic heterocycles. The number of rotatable bonds is 5. The molecule has 4 nitrogen and oxygen atoms in total. The number of carbonyl (C=O) groups is 1. The van der Waals surface area contributed by atoms with Crippen LogP contribution in [0.15, 0.2) is 35.8 Å². The van der Waals surface area contributed by atoms with Crippen LogP contribution in [0, 0.1) is 0 Å². The van der Waals surface area contributed by atoms with Crippen molar-refractivity contribution in [1.82, 2.24) is 10.3 Å². The molecule has 1 aromatic heterocycles. The predicted molar refractivity (Wildman–Crippen MR) is 75.2 cm³/mol. The zero-order valence-corrected chi connectivity index (χ0v) is 11.5. The number of amides is 1. The highest BCUT2D eigenvalue weighted by molar-refractivity contribution is 7.11. The van der Waals surface area contributed by atoms with E-state index in [-0.39, 0.29) is 18.6 Å². The Hall–Kier alpha value is -1.72. The summed E-state index contributed by atoms with van der Waals surface area (Å²) in [5, 5.41) is 12.3. The van der Waals surface area contributed by atoms with Crippen LogP contribution in [-0.4, -0.2) is 22.6 Å². The molecule has 1 atom stereocenters. The van der Waals surface area contributed by atoms with Crippen molar-refractivity contribution in [2.75, 3.05) is 6.61 Å². The van der Waals surface area contributed by atoms with E-state index >= 15 is 0 Å². The number of carbonyl (C=O) groups excluding carboxylic acids is 1. The van der Waals surface area contributed by atoms with Crippen LogP contribution in [0.1, 0.15) is 33.9 Å². The van der Waals surface area contributed by atoms with Gasteiger partial charge in [0, 0.05) is 0 Å². The molecule has 0 aliphatic carbocycles. The largest absolute Gasteiger partial charge is 0.394 e. The molecule has 0 saturated heterocycles. The lowest BCUT2D eigenvalue weighted by molar-refractivity contribution is 0.0919. The van der Waals surface area contributed by atoms with E-state index in [9.17, 15) is 9.90 Å². The highest BCUT2D eigenvalue weighted by Gasteiger charge is 2.18. The van der Waals surface area contributed by atoms with Gasteiger partial charge in [-0.3, -0.25) is 4.79 Å². The lowest BCUT2D eigenvalue weighted by Gasteiger charge is -2.16. The van der Waals surface area contributed by atoms with Crippen LogP contribution < -0.4 is 5.32 Å². The molecule has 0 fully saturated rings. The summed E-state index contributed by atoms with van der Waals surface area (Å²) in [6.07, 6.45) is 0.724. The third-order valence-corrected chi connectivity index (χ3v) is 3.74. The lowest BCUT2D eigenvalue weighted by atomic mass is 10.1.